The fourth-order valence-corrected chi connectivity index (χ4v) is 0. The fourth-order valence-electron chi connectivity index (χ4n) is 0. The molecule has 0 aliphatic rings. The zero-order valence-electron chi connectivity index (χ0n) is 2.04. The summed E-state index contributed by atoms with van der Waals surface area (Å²) in [6.45, 7) is 0. The van der Waals surface area contributed by atoms with Gasteiger partial charge in [0, 0.05) is 0 Å². The minimum absolute atomic E-state index is 2.46. The van der Waals surface area contributed by atoms with Gasteiger partial charge in [-0.3, -0.25) is 0 Å². The third-order valence-corrected chi connectivity index (χ3v) is 0. The molecule has 0 aromatic rings. The van der Waals surface area contributed by atoms with Crippen LogP contribution in [0.3, 0.4) is 0 Å². The fraction of sp³-hybridized carbons (Fsp3) is 0. The van der Waals surface area contributed by atoms with Gasteiger partial charge >= 0.3 is 45.3 Å². The van der Waals surface area contributed by atoms with E-state index in [9.17, 15) is 0 Å². The Balaban J connectivity index is 3.02. The van der Waals surface area contributed by atoms with E-state index < -0.39 is 10.1 Å². The molecule has 0 radical (unpaired) electrons. The first kappa shape index (κ1) is 6.34. The Hall–Kier alpha value is 1.34. The second-order valence-corrected chi connectivity index (χ2v) is 8.00. The van der Waals surface area contributed by atoms with Gasteiger partial charge in [-0.15, -0.1) is 0 Å². The van der Waals surface area contributed by atoms with Crippen molar-refractivity contribution in [2.45, 2.75) is 0 Å². The van der Waals surface area contributed by atoms with Gasteiger partial charge in [-0.2, -0.15) is 0 Å². The van der Waals surface area contributed by atoms with Crippen LogP contribution in [0.25, 0.3) is 0 Å². The Bertz CT molecular complexity index is 22.4. The third-order valence-electron chi connectivity index (χ3n) is 0. The summed E-state index contributed by atoms with van der Waals surface area (Å²) in [4.78, 5) is 4.76. The topological polar surface area (TPSA) is 26.0 Å². The SMILES string of the molecule is [NH2][Co]([Cl])([Cl])[Cl]. The molecule has 5 heteroatoms. The van der Waals surface area contributed by atoms with E-state index >= 15 is 0 Å². The molecule has 0 amide bonds. The molecule has 0 fully saturated rings. The monoisotopic (exact) mass is 180 g/mol. The first-order valence-electron chi connectivity index (χ1n) is 0.570. The van der Waals surface area contributed by atoms with Crippen LogP contribution in [0, 0.1) is 0 Å². The Morgan fingerprint density at radius 3 is 1.20 bits per heavy atom. The van der Waals surface area contributed by atoms with E-state index in [0.29, 0.717) is 0 Å². The molecule has 0 saturated carbocycles. The van der Waals surface area contributed by atoms with Crippen LogP contribution in [0.15, 0.2) is 0 Å². The number of halogens is 3. The van der Waals surface area contributed by atoms with Crippen molar-refractivity contribution >= 4 is 30.4 Å². The Labute approximate surface area is 45.5 Å². The molecule has 0 rings (SSSR count). The molecule has 0 heterocycles. The van der Waals surface area contributed by atoms with Gasteiger partial charge < -0.3 is 0 Å². The molecule has 0 bridgehead atoms. The summed E-state index contributed by atoms with van der Waals surface area (Å²) in [5.74, 6) is 0. The van der Waals surface area contributed by atoms with Crippen molar-refractivity contribution in [3.05, 3.63) is 0 Å². The molecule has 37 valence electrons. The van der Waals surface area contributed by atoms with Crippen molar-refractivity contribution in [1.29, 1.82) is 0 Å². The van der Waals surface area contributed by atoms with Gasteiger partial charge in [0.1, 0.15) is 0 Å². The van der Waals surface area contributed by atoms with Crippen LogP contribution in [-0.4, -0.2) is 0 Å². The van der Waals surface area contributed by atoms with Gasteiger partial charge in [0.25, 0.3) is 0 Å². The van der Waals surface area contributed by atoms with Crippen LogP contribution in [0.1, 0.15) is 0 Å². The first-order valence-corrected chi connectivity index (χ1v) is 5.47. The van der Waals surface area contributed by atoms with Gasteiger partial charge in [-0.05, 0) is 0 Å². The zero-order valence-corrected chi connectivity index (χ0v) is 5.35. The molecule has 1 nitrogen and oxygen atoms in total. The molecule has 0 aromatic carbocycles. The Kier molecular flexibility index (Phi) is 2.36. The summed E-state index contributed by atoms with van der Waals surface area (Å²) < 4.78 is 0. The van der Waals surface area contributed by atoms with E-state index in [1.54, 1.807) is 0 Å². The van der Waals surface area contributed by atoms with Gasteiger partial charge in [0.15, 0.2) is 0 Å². The van der Waals surface area contributed by atoms with E-state index in [2.05, 4.69) is 0 Å². The average Bonchev–Trinajstić information content (AvgIpc) is 0.722. The van der Waals surface area contributed by atoms with E-state index in [1.807, 2.05) is 0 Å². The molecule has 0 atom stereocenters. The maximum absolute atomic E-state index is 4.95. The summed E-state index contributed by atoms with van der Waals surface area (Å²) in [6, 6.07) is 0. The Morgan fingerprint density at radius 2 is 1.20 bits per heavy atom. The van der Waals surface area contributed by atoms with Crippen molar-refractivity contribution in [3.8, 4) is 0 Å². The van der Waals surface area contributed by atoms with E-state index in [1.165, 1.54) is 0 Å². The minimum atomic E-state index is -2.46. The second-order valence-electron chi connectivity index (χ2n) is 0.361. The quantitative estimate of drug-likeness (QED) is 0.602. The maximum atomic E-state index is 4.95. The second kappa shape index (κ2) is 1.86. The standard InChI is InChI=1S/3ClH.Co.H2N/h3*1H;;1H2/q;;;+4;-1/p-3. The van der Waals surface area contributed by atoms with Crippen molar-refractivity contribution < 1.29 is 10.1 Å². The van der Waals surface area contributed by atoms with Crippen LogP contribution in [0.2, 0.25) is 0 Å². The summed E-state index contributed by atoms with van der Waals surface area (Å²) in [5.41, 5.74) is 0. The average molecular weight is 181 g/mol. The van der Waals surface area contributed by atoms with Crippen LogP contribution >= 0.6 is 30.4 Å². The summed E-state index contributed by atoms with van der Waals surface area (Å²) in [5, 5.41) is 0. The predicted molar refractivity (Wildman–Crippen MR) is 21.7 cm³/mol. The molecule has 2 N–H and O–H groups in total. The summed E-state index contributed by atoms with van der Waals surface area (Å²) >= 11 is 0. The molecule has 0 aliphatic heterocycles. The van der Waals surface area contributed by atoms with Crippen LogP contribution in [-0.2, 0) is 10.1 Å². The molecule has 0 saturated heterocycles. The Morgan fingerprint density at radius 1 is 1.20 bits per heavy atom. The molecule has 5 heavy (non-hydrogen) atoms. The van der Waals surface area contributed by atoms with Crippen molar-refractivity contribution in [3.63, 3.8) is 0 Å². The van der Waals surface area contributed by atoms with Gasteiger partial charge in [0.2, 0.25) is 0 Å². The molecular formula is H2Cl3CoN. The third kappa shape index (κ3) is 33.3. The normalized spacial score (nSPS) is 15.2. The summed E-state index contributed by atoms with van der Waals surface area (Å²) in [6.07, 6.45) is 0. The van der Waals surface area contributed by atoms with Gasteiger partial charge in [-0.1, -0.05) is 0 Å². The number of rotatable bonds is 0. The van der Waals surface area contributed by atoms with E-state index in [-0.39, 0.29) is 0 Å². The predicted octanol–water partition coefficient (Wildman–Crippen LogP) is 1.48. The number of nitrogens with two attached hydrogens (primary N) is 1. The van der Waals surface area contributed by atoms with Crippen molar-refractivity contribution in [2.75, 3.05) is 0 Å². The van der Waals surface area contributed by atoms with Crippen molar-refractivity contribution in [2.24, 2.45) is 4.78 Å². The number of hydrogen-bond donors (Lipinski definition) is 1. The van der Waals surface area contributed by atoms with Crippen LogP contribution in [0.5, 0.6) is 0 Å². The van der Waals surface area contributed by atoms with Gasteiger partial charge in [0.05, 0.1) is 0 Å². The zero-order chi connectivity index (χ0) is 4.50. The van der Waals surface area contributed by atoms with Crippen LogP contribution in [0.4, 0.5) is 0 Å². The molecule has 0 aliphatic carbocycles. The first-order chi connectivity index (χ1) is 2.00. The molecular weight excluding hydrogens is 179 g/mol. The number of hydrogen-bond acceptors (Lipinski definition) is 1. The van der Waals surface area contributed by atoms with E-state index in [0.717, 1.165) is 0 Å². The molecule has 0 aromatic heterocycles. The molecule has 0 unspecified atom stereocenters. The van der Waals surface area contributed by atoms with Crippen LogP contribution < -0.4 is 4.78 Å². The van der Waals surface area contributed by atoms with E-state index in [4.69, 9.17) is 35.2 Å². The molecule has 0 spiro atoms. The summed E-state index contributed by atoms with van der Waals surface area (Å²) in [7, 11) is 12.4. The van der Waals surface area contributed by atoms with Gasteiger partial charge in [-0.25, -0.2) is 0 Å². The van der Waals surface area contributed by atoms with Crippen molar-refractivity contribution in [1.82, 2.24) is 0 Å².